The average Bonchev–Trinajstić information content (AvgIpc) is 2.82. The Kier molecular flexibility index (Phi) is 4.57. The maximum atomic E-state index is 9.90. The molecule has 0 aliphatic heterocycles. The predicted octanol–water partition coefficient (Wildman–Crippen LogP) is 2.00. The van der Waals surface area contributed by atoms with Gasteiger partial charge in [-0.15, -0.1) is 0 Å². The molecule has 20 heavy (non-hydrogen) atoms. The van der Waals surface area contributed by atoms with Gasteiger partial charge in [-0.25, -0.2) is 4.98 Å². The van der Waals surface area contributed by atoms with Crippen LogP contribution >= 0.6 is 0 Å². The molecule has 0 radical (unpaired) electrons. The lowest BCUT2D eigenvalue weighted by Gasteiger charge is -2.32. The zero-order valence-corrected chi connectivity index (χ0v) is 12.4. The molecule has 0 saturated carbocycles. The number of imidazole rings is 1. The Labute approximate surface area is 120 Å². The molecule has 1 atom stereocenters. The maximum absolute atomic E-state index is 9.90. The summed E-state index contributed by atoms with van der Waals surface area (Å²) in [5.74, 6) is 0. The Balaban J connectivity index is 2.20. The lowest BCUT2D eigenvalue weighted by atomic mass is 9.87. The smallest absolute Gasteiger partial charge is 0.0951 e. The topological polar surface area (TPSA) is 50.1 Å². The number of likely N-dealkylation sites (N-methyl/N-ethyl adjacent to an activating group) is 1. The van der Waals surface area contributed by atoms with Gasteiger partial charge in [0.25, 0.3) is 0 Å². The third kappa shape index (κ3) is 2.76. The highest BCUT2D eigenvalue weighted by atomic mass is 16.3. The first-order chi connectivity index (χ1) is 9.63. The fraction of sp³-hybridized carbons (Fsp3) is 0.438. The van der Waals surface area contributed by atoms with Gasteiger partial charge in [-0.2, -0.15) is 0 Å². The van der Waals surface area contributed by atoms with E-state index in [-0.39, 0.29) is 6.61 Å². The van der Waals surface area contributed by atoms with E-state index in [2.05, 4.69) is 33.9 Å². The van der Waals surface area contributed by atoms with Gasteiger partial charge in [-0.1, -0.05) is 30.3 Å². The third-order valence-corrected chi connectivity index (χ3v) is 4.20. The number of aliphatic hydroxyl groups is 1. The zero-order chi connectivity index (χ0) is 14.6. The van der Waals surface area contributed by atoms with Crippen LogP contribution < -0.4 is 5.32 Å². The van der Waals surface area contributed by atoms with Gasteiger partial charge in [0.15, 0.2) is 0 Å². The van der Waals surface area contributed by atoms with Crippen LogP contribution in [0.3, 0.4) is 0 Å². The normalized spacial score (nSPS) is 14.2. The summed E-state index contributed by atoms with van der Waals surface area (Å²) in [6.07, 6.45) is 2.67. The standard InChI is InChI=1S/C16H23N3O/c1-13-14(2)19(12-18-13)10-9-16(11-20,17-3)15-7-5-4-6-8-15/h4-8,12,17,20H,9-11H2,1-3H3. The van der Waals surface area contributed by atoms with Crippen LogP contribution in [0.1, 0.15) is 23.4 Å². The van der Waals surface area contributed by atoms with Crippen LogP contribution in [0.4, 0.5) is 0 Å². The Hall–Kier alpha value is -1.65. The Bertz CT molecular complexity index is 544. The molecule has 0 saturated heterocycles. The van der Waals surface area contributed by atoms with E-state index in [0.29, 0.717) is 0 Å². The molecule has 4 nitrogen and oxygen atoms in total. The van der Waals surface area contributed by atoms with E-state index in [0.717, 1.165) is 24.2 Å². The second-order valence-electron chi connectivity index (χ2n) is 5.22. The van der Waals surface area contributed by atoms with E-state index < -0.39 is 5.54 Å². The Morgan fingerprint density at radius 2 is 1.95 bits per heavy atom. The number of hydrogen-bond acceptors (Lipinski definition) is 3. The van der Waals surface area contributed by atoms with Crippen molar-refractivity contribution in [2.24, 2.45) is 0 Å². The van der Waals surface area contributed by atoms with Gasteiger partial charge in [-0.05, 0) is 32.9 Å². The molecule has 0 aliphatic rings. The summed E-state index contributed by atoms with van der Waals surface area (Å²) in [6.45, 7) is 4.98. The number of benzene rings is 1. The van der Waals surface area contributed by atoms with Gasteiger partial charge in [0.1, 0.15) is 0 Å². The van der Waals surface area contributed by atoms with Gasteiger partial charge in [-0.3, -0.25) is 0 Å². The highest BCUT2D eigenvalue weighted by molar-refractivity contribution is 5.24. The molecule has 4 heteroatoms. The number of nitrogens with zero attached hydrogens (tertiary/aromatic N) is 2. The highest BCUT2D eigenvalue weighted by Gasteiger charge is 2.29. The van der Waals surface area contributed by atoms with Crippen molar-refractivity contribution in [1.29, 1.82) is 0 Å². The van der Waals surface area contributed by atoms with Crippen molar-refractivity contribution in [3.63, 3.8) is 0 Å². The minimum absolute atomic E-state index is 0.0697. The largest absolute Gasteiger partial charge is 0.394 e. The minimum Gasteiger partial charge on any atom is -0.394 e. The van der Waals surface area contributed by atoms with Crippen LogP contribution in [0.15, 0.2) is 36.7 Å². The lowest BCUT2D eigenvalue weighted by Crippen LogP contribution is -2.44. The number of aryl methyl sites for hydroxylation is 2. The van der Waals surface area contributed by atoms with Gasteiger partial charge in [0, 0.05) is 12.2 Å². The quantitative estimate of drug-likeness (QED) is 0.846. The van der Waals surface area contributed by atoms with Gasteiger partial charge >= 0.3 is 0 Å². The first-order valence-electron chi connectivity index (χ1n) is 6.96. The molecule has 2 rings (SSSR count). The summed E-state index contributed by atoms with van der Waals surface area (Å²) in [6, 6.07) is 10.1. The van der Waals surface area contributed by atoms with Crippen molar-refractivity contribution >= 4 is 0 Å². The Morgan fingerprint density at radius 3 is 2.45 bits per heavy atom. The molecule has 2 aromatic rings. The van der Waals surface area contributed by atoms with E-state index in [4.69, 9.17) is 0 Å². The third-order valence-electron chi connectivity index (χ3n) is 4.20. The van der Waals surface area contributed by atoms with Crippen LogP contribution in [-0.4, -0.2) is 28.3 Å². The van der Waals surface area contributed by atoms with Gasteiger partial charge in [0.05, 0.1) is 24.2 Å². The molecule has 1 unspecified atom stereocenters. The monoisotopic (exact) mass is 273 g/mol. The van der Waals surface area contributed by atoms with Crippen LogP contribution in [0, 0.1) is 13.8 Å². The van der Waals surface area contributed by atoms with E-state index in [1.54, 1.807) is 0 Å². The summed E-state index contributed by atoms with van der Waals surface area (Å²) in [5.41, 5.74) is 2.94. The second kappa shape index (κ2) is 6.20. The summed E-state index contributed by atoms with van der Waals surface area (Å²) in [5, 5.41) is 13.2. The van der Waals surface area contributed by atoms with E-state index in [1.807, 2.05) is 38.5 Å². The Morgan fingerprint density at radius 1 is 1.25 bits per heavy atom. The summed E-state index contributed by atoms with van der Waals surface area (Å²) in [7, 11) is 1.90. The van der Waals surface area contributed by atoms with Gasteiger partial charge < -0.3 is 15.0 Å². The van der Waals surface area contributed by atoms with Crippen LogP contribution in [-0.2, 0) is 12.1 Å². The molecule has 0 bridgehead atoms. The van der Waals surface area contributed by atoms with Crippen LogP contribution in [0.5, 0.6) is 0 Å². The minimum atomic E-state index is -0.411. The molecule has 2 N–H and O–H groups in total. The molecule has 1 aromatic carbocycles. The van der Waals surface area contributed by atoms with Crippen LogP contribution in [0.2, 0.25) is 0 Å². The van der Waals surface area contributed by atoms with Crippen molar-refractivity contribution in [3.8, 4) is 0 Å². The predicted molar refractivity (Wildman–Crippen MR) is 80.6 cm³/mol. The average molecular weight is 273 g/mol. The van der Waals surface area contributed by atoms with Gasteiger partial charge in [0.2, 0.25) is 0 Å². The van der Waals surface area contributed by atoms with Crippen molar-refractivity contribution < 1.29 is 5.11 Å². The summed E-state index contributed by atoms with van der Waals surface area (Å²) in [4.78, 5) is 4.32. The molecule has 0 aliphatic carbocycles. The fourth-order valence-electron chi connectivity index (χ4n) is 2.50. The van der Waals surface area contributed by atoms with E-state index >= 15 is 0 Å². The van der Waals surface area contributed by atoms with Crippen molar-refractivity contribution in [2.45, 2.75) is 32.4 Å². The SMILES string of the molecule is CNC(CO)(CCn1cnc(C)c1C)c1ccccc1. The van der Waals surface area contributed by atoms with Crippen LogP contribution in [0.25, 0.3) is 0 Å². The van der Waals surface area contributed by atoms with Crippen molar-refractivity contribution in [1.82, 2.24) is 14.9 Å². The van der Waals surface area contributed by atoms with Crippen molar-refractivity contribution in [3.05, 3.63) is 53.6 Å². The first-order valence-corrected chi connectivity index (χ1v) is 6.96. The molecule has 0 fully saturated rings. The molecule has 1 heterocycles. The molecule has 108 valence electrons. The second-order valence-corrected chi connectivity index (χ2v) is 5.22. The summed E-state index contributed by atoms with van der Waals surface area (Å²) < 4.78 is 2.14. The van der Waals surface area contributed by atoms with E-state index in [1.165, 1.54) is 5.69 Å². The molecule has 1 aromatic heterocycles. The number of aromatic nitrogens is 2. The first kappa shape index (κ1) is 14.8. The van der Waals surface area contributed by atoms with Crippen molar-refractivity contribution in [2.75, 3.05) is 13.7 Å². The lowest BCUT2D eigenvalue weighted by molar-refractivity contribution is 0.153. The maximum Gasteiger partial charge on any atom is 0.0951 e. The number of hydrogen-bond donors (Lipinski definition) is 2. The molecule has 0 spiro atoms. The zero-order valence-electron chi connectivity index (χ0n) is 12.4. The highest BCUT2D eigenvalue weighted by Crippen LogP contribution is 2.25. The summed E-state index contributed by atoms with van der Waals surface area (Å²) >= 11 is 0. The van der Waals surface area contributed by atoms with E-state index in [9.17, 15) is 5.11 Å². The fourth-order valence-corrected chi connectivity index (χ4v) is 2.50. The molecular formula is C16H23N3O. The molecular weight excluding hydrogens is 250 g/mol. The number of nitrogens with one attached hydrogen (secondary N) is 1. The molecule has 0 amide bonds. The number of aliphatic hydroxyl groups excluding tert-OH is 1. The number of rotatable bonds is 6.